The van der Waals surface area contributed by atoms with E-state index in [1.54, 1.807) is 4.68 Å². The number of carbonyl (C=O) groups is 2. The van der Waals surface area contributed by atoms with Crippen LogP contribution in [0.5, 0.6) is 0 Å². The molecule has 1 aromatic carbocycles. The molecule has 1 aromatic heterocycles. The predicted molar refractivity (Wildman–Crippen MR) is 93.3 cm³/mol. The zero-order chi connectivity index (χ0) is 18.2. The average molecular weight is 363 g/mol. The van der Waals surface area contributed by atoms with E-state index < -0.39 is 12.0 Å². The number of rotatable bonds is 8. The lowest BCUT2D eigenvalue weighted by molar-refractivity contribution is -0.146. The van der Waals surface area contributed by atoms with Crippen LogP contribution in [0.25, 0.3) is 5.69 Å². The molecule has 0 unspecified atom stereocenters. The normalized spacial score (nSPS) is 13.1. The van der Waals surface area contributed by atoms with Gasteiger partial charge in [-0.05, 0) is 28.5 Å². The van der Waals surface area contributed by atoms with Gasteiger partial charge in [-0.2, -0.15) is 4.68 Å². The minimum Gasteiger partial charge on any atom is -0.467 e. The Bertz CT molecular complexity index is 707. The number of hydrogen-bond donors (Lipinski definition) is 1. The molecular formula is C16H21N5O3S. The van der Waals surface area contributed by atoms with Crippen LogP contribution in [0.1, 0.15) is 20.3 Å². The number of nitrogens with zero attached hydrogens (tertiary/aromatic N) is 4. The highest BCUT2D eigenvalue weighted by Gasteiger charge is 2.26. The number of benzene rings is 1. The third kappa shape index (κ3) is 5.02. The highest BCUT2D eigenvalue weighted by Crippen LogP contribution is 2.18. The molecule has 8 nitrogen and oxygen atoms in total. The van der Waals surface area contributed by atoms with Gasteiger partial charge in [0, 0.05) is 0 Å². The summed E-state index contributed by atoms with van der Waals surface area (Å²) < 4.78 is 6.33. The topological polar surface area (TPSA) is 99.0 Å². The van der Waals surface area contributed by atoms with Gasteiger partial charge >= 0.3 is 5.97 Å². The highest BCUT2D eigenvalue weighted by molar-refractivity contribution is 7.99. The molecule has 0 fully saturated rings. The SMILES string of the molecule is CC[C@@H](C)[C@H](NC(=O)CSc1nnnn1-c1ccccc1)C(=O)OC. The van der Waals surface area contributed by atoms with Crippen molar-refractivity contribution in [2.24, 2.45) is 5.92 Å². The van der Waals surface area contributed by atoms with Crippen molar-refractivity contribution in [1.82, 2.24) is 25.5 Å². The molecule has 0 spiro atoms. The van der Waals surface area contributed by atoms with Crippen LogP contribution in [0.4, 0.5) is 0 Å². The van der Waals surface area contributed by atoms with E-state index in [1.165, 1.54) is 18.9 Å². The number of amides is 1. The Kier molecular flexibility index (Phi) is 6.93. The summed E-state index contributed by atoms with van der Waals surface area (Å²) in [6, 6.07) is 8.74. The van der Waals surface area contributed by atoms with Crippen molar-refractivity contribution in [3.8, 4) is 5.69 Å². The van der Waals surface area contributed by atoms with Gasteiger partial charge < -0.3 is 10.1 Å². The minimum atomic E-state index is -0.659. The Morgan fingerprint density at radius 3 is 2.68 bits per heavy atom. The Morgan fingerprint density at radius 2 is 2.04 bits per heavy atom. The van der Waals surface area contributed by atoms with E-state index in [1.807, 2.05) is 44.2 Å². The summed E-state index contributed by atoms with van der Waals surface area (Å²) in [5.74, 6) is -0.641. The van der Waals surface area contributed by atoms with E-state index in [0.717, 1.165) is 12.1 Å². The van der Waals surface area contributed by atoms with Crippen LogP contribution in [-0.2, 0) is 14.3 Å². The molecule has 1 amide bonds. The van der Waals surface area contributed by atoms with Crippen molar-refractivity contribution < 1.29 is 14.3 Å². The maximum Gasteiger partial charge on any atom is 0.328 e. The van der Waals surface area contributed by atoms with Crippen molar-refractivity contribution >= 4 is 23.6 Å². The maximum atomic E-state index is 12.2. The van der Waals surface area contributed by atoms with E-state index in [4.69, 9.17) is 4.74 Å². The molecule has 2 atom stereocenters. The maximum absolute atomic E-state index is 12.2. The first-order valence-electron chi connectivity index (χ1n) is 7.90. The van der Waals surface area contributed by atoms with Crippen LogP contribution in [0.3, 0.4) is 0 Å². The molecule has 0 aliphatic carbocycles. The number of tetrazole rings is 1. The number of thioether (sulfide) groups is 1. The lowest BCUT2D eigenvalue weighted by atomic mass is 9.99. The van der Waals surface area contributed by atoms with Gasteiger partial charge in [-0.25, -0.2) is 4.79 Å². The molecule has 1 heterocycles. The smallest absolute Gasteiger partial charge is 0.328 e. The predicted octanol–water partition coefficient (Wildman–Crippen LogP) is 1.46. The summed E-state index contributed by atoms with van der Waals surface area (Å²) in [7, 11) is 1.31. The van der Waals surface area contributed by atoms with E-state index >= 15 is 0 Å². The first-order chi connectivity index (χ1) is 12.1. The fourth-order valence-corrected chi connectivity index (χ4v) is 2.84. The molecule has 0 radical (unpaired) electrons. The Hall–Kier alpha value is -2.42. The number of para-hydroxylation sites is 1. The second kappa shape index (κ2) is 9.16. The standard InChI is InChI=1S/C16H21N5O3S/c1-4-11(2)14(15(23)24-3)17-13(22)10-25-16-18-19-20-21(16)12-8-6-5-7-9-12/h5-9,11,14H,4,10H2,1-3H3,(H,17,22)/t11-,14+/m1/s1. The zero-order valence-electron chi connectivity index (χ0n) is 14.4. The van der Waals surface area contributed by atoms with Gasteiger partial charge in [0.15, 0.2) is 0 Å². The van der Waals surface area contributed by atoms with Gasteiger partial charge in [0.1, 0.15) is 6.04 Å². The molecule has 0 aliphatic heterocycles. The monoisotopic (exact) mass is 363 g/mol. The molecule has 1 N–H and O–H groups in total. The Morgan fingerprint density at radius 1 is 1.32 bits per heavy atom. The number of aromatic nitrogens is 4. The summed E-state index contributed by atoms with van der Waals surface area (Å²) >= 11 is 1.20. The second-order valence-corrected chi connectivity index (χ2v) is 6.39. The Balaban J connectivity index is 1.99. The Labute approximate surface area is 150 Å². The molecule has 9 heteroatoms. The number of hydrogen-bond acceptors (Lipinski definition) is 7. The molecule has 134 valence electrons. The third-order valence-electron chi connectivity index (χ3n) is 3.76. The number of ether oxygens (including phenoxy) is 1. The molecule has 0 saturated heterocycles. The molecule has 2 aromatic rings. The summed E-state index contributed by atoms with van der Waals surface area (Å²) in [6.07, 6.45) is 0.749. The molecule has 25 heavy (non-hydrogen) atoms. The molecule has 0 aliphatic rings. The van der Waals surface area contributed by atoms with E-state index in [9.17, 15) is 9.59 Å². The summed E-state index contributed by atoms with van der Waals surface area (Å²) in [5.41, 5.74) is 0.808. The van der Waals surface area contributed by atoms with Gasteiger partial charge in [-0.3, -0.25) is 4.79 Å². The highest BCUT2D eigenvalue weighted by atomic mass is 32.2. The number of methoxy groups -OCH3 is 1. The first kappa shape index (κ1) is 18.9. The van der Waals surface area contributed by atoms with E-state index in [2.05, 4.69) is 20.8 Å². The minimum absolute atomic E-state index is 0.0176. The fourth-order valence-electron chi connectivity index (χ4n) is 2.14. The van der Waals surface area contributed by atoms with Crippen LogP contribution in [0.2, 0.25) is 0 Å². The van der Waals surface area contributed by atoms with Crippen LogP contribution in [0.15, 0.2) is 35.5 Å². The molecule has 2 rings (SSSR count). The van der Waals surface area contributed by atoms with Crippen molar-refractivity contribution in [1.29, 1.82) is 0 Å². The van der Waals surface area contributed by atoms with Crippen molar-refractivity contribution in [3.05, 3.63) is 30.3 Å². The average Bonchev–Trinajstić information content (AvgIpc) is 3.12. The van der Waals surface area contributed by atoms with E-state index in [-0.39, 0.29) is 17.6 Å². The van der Waals surface area contributed by atoms with Gasteiger partial charge in [-0.1, -0.05) is 50.2 Å². The van der Waals surface area contributed by atoms with Gasteiger partial charge in [0.25, 0.3) is 0 Å². The molecule has 0 bridgehead atoms. The summed E-state index contributed by atoms with van der Waals surface area (Å²) in [4.78, 5) is 24.1. The van der Waals surface area contributed by atoms with E-state index in [0.29, 0.717) is 5.16 Å². The fraction of sp³-hybridized carbons (Fsp3) is 0.438. The quantitative estimate of drug-likeness (QED) is 0.560. The van der Waals surface area contributed by atoms with Crippen LogP contribution in [-0.4, -0.2) is 51.0 Å². The summed E-state index contributed by atoms with van der Waals surface area (Å²) in [6.45, 7) is 3.85. The van der Waals surface area contributed by atoms with Gasteiger partial charge in [0.2, 0.25) is 11.1 Å². The molecule has 0 saturated carbocycles. The van der Waals surface area contributed by atoms with Crippen LogP contribution >= 0.6 is 11.8 Å². The largest absolute Gasteiger partial charge is 0.467 e. The van der Waals surface area contributed by atoms with Gasteiger partial charge in [-0.15, -0.1) is 5.10 Å². The lowest BCUT2D eigenvalue weighted by Gasteiger charge is -2.21. The molecular weight excluding hydrogens is 342 g/mol. The number of carbonyl (C=O) groups excluding carboxylic acids is 2. The second-order valence-electron chi connectivity index (χ2n) is 5.45. The lowest BCUT2D eigenvalue weighted by Crippen LogP contribution is -2.46. The number of esters is 1. The van der Waals surface area contributed by atoms with Crippen LogP contribution < -0.4 is 5.32 Å². The third-order valence-corrected chi connectivity index (χ3v) is 4.68. The number of nitrogens with one attached hydrogen (secondary N) is 1. The first-order valence-corrected chi connectivity index (χ1v) is 8.89. The van der Waals surface area contributed by atoms with Crippen molar-refractivity contribution in [3.63, 3.8) is 0 Å². The van der Waals surface area contributed by atoms with Gasteiger partial charge in [0.05, 0.1) is 18.6 Å². The zero-order valence-corrected chi connectivity index (χ0v) is 15.2. The van der Waals surface area contributed by atoms with Crippen molar-refractivity contribution in [2.75, 3.05) is 12.9 Å². The van der Waals surface area contributed by atoms with Crippen LogP contribution in [0, 0.1) is 5.92 Å². The summed E-state index contributed by atoms with van der Waals surface area (Å²) in [5, 5.41) is 14.8. The van der Waals surface area contributed by atoms with Crippen molar-refractivity contribution in [2.45, 2.75) is 31.5 Å².